The second-order valence-corrected chi connectivity index (χ2v) is 1.56. The number of hydrogen-bond acceptors (Lipinski definition) is 2. The minimum atomic E-state index is -1.34. The third kappa shape index (κ3) is 3.58. The molecule has 0 fully saturated rings. The summed E-state index contributed by atoms with van der Waals surface area (Å²) in [4.78, 5) is 9.87. The largest absolute Gasteiger partial charge is 0.487 e. The number of rotatable bonds is 4. The van der Waals surface area contributed by atoms with Crippen LogP contribution in [0.1, 0.15) is 13.3 Å². The van der Waals surface area contributed by atoms with E-state index in [1.165, 1.54) is 0 Å². The van der Waals surface area contributed by atoms with E-state index in [0.717, 1.165) is 6.42 Å². The Morgan fingerprint density at radius 1 is 1.67 bits per heavy atom. The molecule has 0 spiro atoms. The van der Waals surface area contributed by atoms with Gasteiger partial charge in [-0.1, -0.05) is 6.92 Å². The summed E-state index contributed by atoms with van der Waals surface area (Å²) >= 11 is 0. The van der Waals surface area contributed by atoms with Crippen LogP contribution in [-0.4, -0.2) is 12.6 Å². The summed E-state index contributed by atoms with van der Waals surface area (Å²) in [7, 11) is 0. The SMILES string of the molecule is C=C(OCCC)C([O])=O. The van der Waals surface area contributed by atoms with Crippen LogP contribution in [0.4, 0.5) is 0 Å². The highest BCUT2D eigenvalue weighted by Crippen LogP contribution is 1.93. The van der Waals surface area contributed by atoms with Crippen LogP contribution in [0.15, 0.2) is 12.3 Å². The molecule has 0 saturated carbocycles. The van der Waals surface area contributed by atoms with Crippen molar-refractivity contribution in [3.05, 3.63) is 12.3 Å². The van der Waals surface area contributed by atoms with Gasteiger partial charge in [-0.2, -0.15) is 0 Å². The Hall–Kier alpha value is -0.990. The summed E-state index contributed by atoms with van der Waals surface area (Å²) in [5.41, 5.74) is 0. The van der Waals surface area contributed by atoms with Crippen molar-refractivity contribution >= 4 is 5.97 Å². The lowest BCUT2D eigenvalue weighted by molar-refractivity contribution is -0.142. The molecule has 3 heteroatoms. The number of carbonyl (C=O) groups is 1. The molecule has 51 valence electrons. The third-order valence-corrected chi connectivity index (χ3v) is 0.708. The van der Waals surface area contributed by atoms with Crippen LogP contribution in [-0.2, 0) is 14.6 Å². The molecule has 0 aliphatic heterocycles. The van der Waals surface area contributed by atoms with Gasteiger partial charge in [-0.3, -0.25) is 0 Å². The molecule has 0 amide bonds. The number of hydrogen-bond donors (Lipinski definition) is 0. The van der Waals surface area contributed by atoms with Crippen LogP contribution in [0.3, 0.4) is 0 Å². The normalized spacial score (nSPS) is 8.56. The van der Waals surface area contributed by atoms with E-state index < -0.39 is 5.97 Å². The molecule has 0 unspecified atom stereocenters. The van der Waals surface area contributed by atoms with Crippen molar-refractivity contribution in [2.24, 2.45) is 0 Å². The van der Waals surface area contributed by atoms with E-state index in [9.17, 15) is 9.90 Å². The lowest BCUT2D eigenvalue weighted by Crippen LogP contribution is -2.02. The Morgan fingerprint density at radius 2 is 2.22 bits per heavy atom. The van der Waals surface area contributed by atoms with Crippen LogP contribution >= 0.6 is 0 Å². The topological polar surface area (TPSA) is 46.2 Å². The summed E-state index contributed by atoms with van der Waals surface area (Å²) in [5.74, 6) is -1.64. The maximum absolute atomic E-state index is 9.87. The van der Waals surface area contributed by atoms with Crippen molar-refractivity contribution in [2.45, 2.75) is 13.3 Å². The highest BCUT2D eigenvalue weighted by molar-refractivity contribution is 5.82. The van der Waals surface area contributed by atoms with Gasteiger partial charge in [0.1, 0.15) is 0 Å². The first-order valence-electron chi connectivity index (χ1n) is 2.71. The van der Waals surface area contributed by atoms with Crippen LogP contribution < -0.4 is 0 Å². The van der Waals surface area contributed by atoms with Crippen LogP contribution in [0, 0.1) is 0 Å². The predicted molar refractivity (Wildman–Crippen MR) is 31.1 cm³/mol. The van der Waals surface area contributed by atoms with Crippen molar-refractivity contribution in [3.63, 3.8) is 0 Å². The Balaban J connectivity index is 3.39. The minimum Gasteiger partial charge on any atom is -0.487 e. The van der Waals surface area contributed by atoms with Gasteiger partial charge in [0.25, 0.3) is 0 Å². The fourth-order valence-corrected chi connectivity index (χ4v) is 0.284. The quantitative estimate of drug-likeness (QED) is 0.418. The van der Waals surface area contributed by atoms with E-state index in [4.69, 9.17) is 0 Å². The zero-order valence-electron chi connectivity index (χ0n) is 5.35. The molecule has 3 nitrogen and oxygen atoms in total. The van der Waals surface area contributed by atoms with Crippen LogP contribution in [0.25, 0.3) is 0 Å². The van der Waals surface area contributed by atoms with Crippen molar-refractivity contribution in [1.82, 2.24) is 0 Å². The molecule has 0 aromatic heterocycles. The van der Waals surface area contributed by atoms with Gasteiger partial charge in [-0.25, -0.2) is 9.90 Å². The fraction of sp³-hybridized carbons (Fsp3) is 0.500. The standard InChI is InChI=1S/C6H9O3/c1-3-4-9-5(2)6(7)8/h2-4H2,1H3. The lowest BCUT2D eigenvalue weighted by Gasteiger charge is -1.99. The Labute approximate surface area is 53.9 Å². The van der Waals surface area contributed by atoms with Crippen LogP contribution in [0.2, 0.25) is 0 Å². The molecule has 1 radical (unpaired) electrons. The molecular formula is C6H9O3. The smallest absolute Gasteiger partial charge is 0.419 e. The lowest BCUT2D eigenvalue weighted by atomic mass is 10.5. The molecule has 0 aromatic carbocycles. The van der Waals surface area contributed by atoms with E-state index in [2.05, 4.69) is 11.3 Å². The third-order valence-electron chi connectivity index (χ3n) is 0.708. The summed E-state index contributed by atoms with van der Waals surface area (Å²) in [6.45, 7) is 5.37. The molecular weight excluding hydrogens is 120 g/mol. The van der Waals surface area contributed by atoms with Gasteiger partial charge in [0, 0.05) is 0 Å². The molecule has 0 aliphatic carbocycles. The van der Waals surface area contributed by atoms with Gasteiger partial charge < -0.3 is 4.74 Å². The average Bonchev–Trinajstić information content (AvgIpc) is 1.82. The van der Waals surface area contributed by atoms with E-state index in [-0.39, 0.29) is 5.76 Å². The summed E-state index contributed by atoms with van der Waals surface area (Å²) in [6.07, 6.45) is 0.770. The van der Waals surface area contributed by atoms with E-state index >= 15 is 0 Å². The van der Waals surface area contributed by atoms with Crippen molar-refractivity contribution in [3.8, 4) is 0 Å². The first kappa shape index (κ1) is 8.01. The molecule has 0 atom stereocenters. The first-order valence-corrected chi connectivity index (χ1v) is 2.71. The van der Waals surface area contributed by atoms with E-state index in [1.807, 2.05) is 6.92 Å². The Bertz CT molecular complexity index is 117. The van der Waals surface area contributed by atoms with Gasteiger partial charge in [0.05, 0.1) is 6.61 Å². The average molecular weight is 129 g/mol. The maximum Gasteiger partial charge on any atom is 0.419 e. The second kappa shape index (κ2) is 3.95. The van der Waals surface area contributed by atoms with Gasteiger partial charge >= 0.3 is 5.97 Å². The zero-order valence-corrected chi connectivity index (χ0v) is 5.35. The highest BCUT2D eigenvalue weighted by Gasteiger charge is 2.05. The fourth-order valence-electron chi connectivity index (χ4n) is 0.284. The highest BCUT2D eigenvalue weighted by atomic mass is 16.5. The summed E-state index contributed by atoms with van der Waals surface area (Å²) in [5, 5.41) is 9.87. The monoisotopic (exact) mass is 129 g/mol. The van der Waals surface area contributed by atoms with Crippen molar-refractivity contribution < 1.29 is 14.6 Å². The van der Waals surface area contributed by atoms with E-state index in [0.29, 0.717) is 6.61 Å². The predicted octanol–water partition coefficient (Wildman–Crippen LogP) is 0.884. The molecule has 0 saturated heterocycles. The Morgan fingerprint density at radius 3 is 2.56 bits per heavy atom. The van der Waals surface area contributed by atoms with Crippen molar-refractivity contribution in [2.75, 3.05) is 6.61 Å². The number of ether oxygens (including phenoxy) is 1. The van der Waals surface area contributed by atoms with Crippen LogP contribution in [0.5, 0.6) is 0 Å². The molecule has 0 aromatic rings. The zero-order chi connectivity index (χ0) is 7.28. The molecule has 0 bridgehead atoms. The molecule has 0 N–H and O–H groups in total. The summed E-state index contributed by atoms with van der Waals surface area (Å²) < 4.78 is 4.60. The van der Waals surface area contributed by atoms with Gasteiger partial charge in [-0.15, -0.1) is 0 Å². The van der Waals surface area contributed by atoms with E-state index in [1.54, 1.807) is 0 Å². The second-order valence-electron chi connectivity index (χ2n) is 1.56. The minimum absolute atomic E-state index is 0.295. The molecule has 0 heterocycles. The first-order chi connectivity index (χ1) is 4.18. The summed E-state index contributed by atoms with van der Waals surface area (Å²) in [6, 6.07) is 0. The molecule has 0 aliphatic rings. The maximum atomic E-state index is 9.87. The van der Waals surface area contributed by atoms with Gasteiger partial charge in [0.15, 0.2) is 0 Å². The van der Waals surface area contributed by atoms with Crippen molar-refractivity contribution in [1.29, 1.82) is 0 Å². The molecule has 9 heavy (non-hydrogen) atoms. The Kier molecular flexibility index (Phi) is 3.51. The van der Waals surface area contributed by atoms with Gasteiger partial charge in [-0.05, 0) is 13.0 Å². The molecule has 0 rings (SSSR count). The number of carbonyl (C=O) groups excluding carboxylic acids is 1. The van der Waals surface area contributed by atoms with Gasteiger partial charge in [0.2, 0.25) is 5.76 Å².